The molecule has 0 aliphatic carbocycles. The number of hydrogen-bond donors (Lipinski definition) is 2. The van der Waals surface area contributed by atoms with Gasteiger partial charge in [-0.2, -0.15) is 0 Å². The van der Waals surface area contributed by atoms with Gasteiger partial charge >= 0.3 is 5.97 Å². The van der Waals surface area contributed by atoms with Gasteiger partial charge in [0.2, 0.25) is 0 Å². The molecule has 6 nitrogen and oxygen atoms in total. The fourth-order valence-electron chi connectivity index (χ4n) is 2.34. The van der Waals surface area contributed by atoms with Crippen LogP contribution in [0.25, 0.3) is 11.3 Å². The fraction of sp³-hybridized carbons (Fsp3) is 0.0526. The van der Waals surface area contributed by atoms with Crippen molar-refractivity contribution in [3.63, 3.8) is 0 Å². The Hall–Kier alpha value is -3.54. The molecule has 25 heavy (non-hydrogen) atoms. The molecule has 6 heteroatoms. The number of carbonyl (C=O) groups is 2. The van der Waals surface area contributed by atoms with E-state index in [9.17, 15) is 9.59 Å². The number of benzene rings is 2. The second-order valence-electron chi connectivity index (χ2n) is 5.32. The van der Waals surface area contributed by atoms with Crippen LogP contribution in [0.5, 0.6) is 0 Å². The first-order valence-corrected chi connectivity index (χ1v) is 7.52. The van der Waals surface area contributed by atoms with Gasteiger partial charge < -0.3 is 20.2 Å². The number of ether oxygens (including phenoxy) is 1. The van der Waals surface area contributed by atoms with Crippen LogP contribution in [0.4, 0.5) is 11.4 Å². The maximum Gasteiger partial charge on any atom is 0.337 e. The summed E-state index contributed by atoms with van der Waals surface area (Å²) in [5.74, 6) is -0.197. The number of nitrogen functional groups attached to an aromatic ring is 1. The van der Waals surface area contributed by atoms with Crippen molar-refractivity contribution in [1.29, 1.82) is 0 Å². The van der Waals surface area contributed by atoms with Gasteiger partial charge in [-0.1, -0.05) is 18.2 Å². The third-order valence-electron chi connectivity index (χ3n) is 3.54. The number of hydrogen-bond acceptors (Lipinski definition) is 5. The lowest BCUT2D eigenvalue weighted by molar-refractivity contribution is 0.0600. The molecule has 0 atom stereocenters. The van der Waals surface area contributed by atoms with E-state index in [1.54, 1.807) is 42.5 Å². The molecule has 1 heterocycles. The van der Waals surface area contributed by atoms with Crippen molar-refractivity contribution in [1.82, 2.24) is 0 Å². The van der Waals surface area contributed by atoms with E-state index in [2.05, 4.69) is 10.1 Å². The maximum atomic E-state index is 12.3. The first-order chi connectivity index (χ1) is 12.1. The first-order valence-electron chi connectivity index (χ1n) is 7.52. The molecule has 0 unspecified atom stereocenters. The lowest BCUT2D eigenvalue weighted by Crippen LogP contribution is -2.11. The topological polar surface area (TPSA) is 94.6 Å². The van der Waals surface area contributed by atoms with Gasteiger partial charge in [0, 0.05) is 16.9 Å². The molecule has 0 spiro atoms. The van der Waals surface area contributed by atoms with E-state index in [1.165, 1.54) is 13.2 Å². The van der Waals surface area contributed by atoms with Crippen LogP contribution >= 0.6 is 0 Å². The quantitative estimate of drug-likeness (QED) is 0.561. The van der Waals surface area contributed by atoms with E-state index in [-0.39, 0.29) is 5.76 Å². The third-order valence-corrected chi connectivity index (χ3v) is 3.54. The Kier molecular flexibility index (Phi) is 4.52. The van der Waals surface area contributed by atoms with Gasteiger partial charge in [0.1, 0.15) is 5.76 Å². The highest BCUT2D eigenvalue weighted by Crippen LogP contribution is 2.24. The summed E-state index contributed by atoms with van der Waals surface area (Å²) in [6.45, 7) is 0. The predicted octanol–water partition coefficient (Wildman–Crippen LogP) is 3.57. The van der Waals surface area contributed by atoms with Crippen molar-refractivity contribution in [3.05, 3.63) is 72.0 Å². The standard InChI is InChI=1S/C19H16N2O4/c1-24-19(23)13-5-3-7-15(11-13)21-18(22)17-9-8-16(25-17)12-4-2-6-14(20)10-12/h2-11H,20H2,1H3,(H,21,22). The minimum absolute atomic E-state index is 0.154. The normalized spacial score (nSPS) is 10.3. The Morgan fingerprint density at radius 2 is 1.84 bits per heavy atom. The molecule has 0 saturated carbocycles. The lowest BCUT2D eigenvalue weighted by atomic mass is 10.1. The summed E-state index contributed by atoms with van der Waals surface area (Å²) in [5.41, 5.74) is 7.97. The summed E-state index contributed by atoms with van der Waals surface area (Å²) in [6, 6.07) is 16.9. The molecule has 0 saturated heterocycles. The minimum atomic E-state index is -0.474. The van der Waals surface area contributed by atoms with Crippen LogP contribution in [-0.4, -0.2) is 19.0 Å². The van der Waals surface area contributed by atoms with Crippen molar-refractivity contribution in [2.45, 2.75) is 0 Å². The summed E-state index contributed by atoms with van der Waals surface area (Å²) in [4.78, 5) is 23.9. The number of furan rings is 1. The Morgan fingerprint density at radius 1 is 1.04 bits per heavy atom. The van der Waals surface area contributed by atoms with Crippen molar-refractivity contribution >= 4 is 23.3 Å². The molecule has 0 aliphatic heterocycles. The largest absolute Gasteiger partial charge is 0.465 e. The number of carbonyl (C=O) groups excluding carboxylic acids is 2. The van der Waals surface area contributed by atoms with Crippen molar-refractivity contribution in [3.8, 4) is 11.3 Å². The van der Waals surface area contributed by atoms with Gasteiger partial charge in [0.15, 0.2) is 5.76 Å². The Morgan fingerprint density at radius 3 is 2.60 bits per heavy atom. The molecular formula is C19H16N2O4. The van der Waals surface area contributed by atoms with Gasteiger partial charge in [-0.3, -0.25) is 4.79 Å². The van der Waals surface area contributed by atoms with Gasteiger partial charge in [0.05, 0.1) is 12.7 Å². The number of methoxy groups -OCH3 is 1. The molecule has 0 bridgehead atoms. The van der Waals surface area contributed by atoms with Gasteiger partial charge in [-0.05, 0) is 42.5 Å². The zero-order valence-corrected chi connectivity index (χ0v) is 13.5. The van der Waals surface area contributed by atoms with Crippen LogP contribution in [0.3, 0.4) is 0 Å². The van der Waals surface area contributed by atoms with E-state index in [0.717, 1.165) is 5.56 Å². The Balaban J connectivity index is 1.77. The smallest absolute Gasteiger partial charge is 0.337 e. The zero-order valence-electron chi connectivity index (χ0n) is 13.5. The average Bonchev–Trinajstić information content (AvgIpc) is 3.11. The molecule has 126 valence electrons. The second-order valence-corrected chi connectivity index (χ2v) is 5.32. The molecular weight excluding hydrogens is 320 g/mol. The summed E-state index contributed by atoms with van der Waals surface area (Å²) >= 11 is 0. The van der Waals surface area contributed by atoms with Crippen LogP contribution in [0, 0.1) is 0 Å². The first kappa shape index (κ1) is 16.3. The molecule has 3 aromatic rings. The van der Waals surface area contributed by atoms with Gasteiger partial charge in [-0.15, -0.1) is 0 Å². The van der Waals surface area contributed by atoms with E-state index in [0.29, 0.717) is 22.7 Å². The zero-order chi connectivity index (χ0) is 17.8. The van der Waals surface area contributed by atoms with Gasteiger partial charge in [-0.25, -0.2) is 4.79 Å². The van der Waals surface area contributed by atoms with E-state index in [4.69, 9.17) is 10.2 Å². The summed E-state index contributed by atoms with van der Waals surface area (Å²) in [6.07, 6.45) is 0. The molecule has 1 aromatic heterocycles. The van der Waals surface area contributed by atoms with Crippen molar-refractivity contribution in [2.24, 2.45) is 0 Å². The van der Waals surface area contributed by atoms with Crippen LogP contribution < -0.4 is 11.1 Å². The number of rotatable bonds is 4. The number of esters is 1. The van der Waals surface area contributed by atoms with Crippen LogP contribution in [0.2, 0.25) is 0 Å². The van der Waals surface area contributed by atoms with Crippen LogP contribution in [-0.2, 0) is 4.74 Å². The second kappa shape index (κ2) is 6.92. The van der Waals surface area contributed by atoms with E-state index in [1.807, 2.05) is 12.1 Å². The number of nitrogens with one attached hydrogen (secondary N) is 1. The highest BCUT2D eigenvalue weighted by molar-refractivity contribution is 6.03. The summed E-state index contributed by atoms with van der Waals surface area (Å²) < 4.78 is 10.3. The van der Waals surface area contributed by atoms with Gasteiger partial charge in [0.25, 0.3) is 5.91 Å². The summed E-state index contributed by atoms with van der Waals surface area (Å²) in [7, 11) is 1.30. The molecule has 3 rings (SSSR count). The van der Waals surface area contributed by atoms with Crippen molar-refractivity contribution in [2.75, 3.05) is 18.2 Å². The maximum absolute atomic E-state index is 12.3. The predicted molar refractivity (Wildman–Crippen MR) is 94.3 cm³/mol. The molecule has 2 aromatic carbocycles. The fourth-order valence-corrected chi connectivity index (χ4v) is 2.34. The number of anilines is 2. The highest BCUT2D eigenvalue weighted by Gasteiger charge is 2.14. The monoisotopic (exact) mass is 336 g/mol. The SMILES string of the molecule is COC(=O)c1cccc(NC(=O)c2ccc(-c3cccc(N)c3)o2)c1. The van der Waals surface area contributed by atoms with Crippen molar-refractivity contribution < 1.29 is 18.7 Å². The van der Waals surface area contributed by atoms with E-state index >= 15 is 0 Å². The highest BCUT2D eigenvalue weighted by atomic mass is 16.5. The molecule has 3 N–H and O–H groups in total. The molecule has 0 fully saturated rings. The molecule has 0 aliphatic rings. The van der Waals surface area contributed by atoms with Crippen LogP contribution in [0.1, 0.15) is 20.9 Å². The van der Waals surface area contributed by atoms with E-state index < -0.39 is 11.9 Å². The third kappa shape index (κ3) is 3.69. The number of nitrogens with two attached hydrogens (primary N) is 1. The lowest BCUT2D eigenvalue weighted by Gasteiger charge is -2.05. The van der Waals surface area contributed by atoms with Crippen LogP contribution in [0.15, 0.2) is 65.1 Å². The molecule has 1 amide bonds. The minimum Gasteiger partial charge on any atom is -0.465 e. The average molecular weight is 336 g/mol. The summed E-state index contributed by atoms with van der Waals surface area (Å²) in [5, 5.41) is 2.69. The Bertz CT molecular complexity index is 930. The number of amides is 1. The Labute approximate surface area is 144 Å². The molecule has 0 radical (unpaired) electrons.